The predicted octanol–water partition coefficient (Wildman–Crippen LogP) is 2.65. The molecule has 26 heavy (non-hydrogen) atoms. The lowest BCUT2D eigenvalue weighted by atomic mass is 10.2. The van der Waals surface area contributed by atoms with Gasteiger partial charge in [-0.3, -0.25) is 20.4 Å². The number of phenols is 1. The summed E-state index contributed by atoms with van der Waals surface area (Å²) >= 11 is 0. The maximum Gasteiger partial charge on any atom is 0.275 e. The average molecular weight is 349 g/mol. The Morgan fingerprint density at radius 2 is 1.54 bits per heavy atom. The molecule has 0 saturated carbocycles. The molecule has 3 aromatic rings. The maximum atomic E-state index is 12.4. The lowest BCUT2D eigenvalue weighted by Gasteiger charge is -2.11. The van der Waals surface area contributed by atoms with Crippen molar-refractivity contribution < 1.29 is 19.4 Å². The van der Waals surface area contributed by atoms with Crippen molar-refractivity contribution in [3.8, 4) is 17.4 Å². The number of para-hydroxylation sites is 1. The normalized spacial score (nSPS) is 10.0. The molecule has 7 nitrogen and oxygen atoms in total. The molecule has 0 aliphatic rings. The Balaban J connectivity index is 1.68. The van der Waals surface area contributed by atoms with Crippen LogP contribution in [0.3, 0.4) is 0 Å². The maximum absolute atomic E-state index is 12.4. The SMILES string of the molecule is O=C(NNC(=O)c1cccnc1Oc1ccccc1)c1ccc(O)cc1. The molecule has 0 atom stereocenters. The van der Waals surface area contributed by atoms with Crippen LogP contribution in [-0.2, 0) is 0 Å². The number of pyridine rings is 1. The number of rotatable bonds is 4. The van der Waals surface area contributed by atoms with E-state index in [4.69, 9.17) is 4.74 Å². The highest BCUT2D eigenvalue weighted by Crippen LogP contribution is 2.22. The van der Waals surface area contributed by atoms with E-state index in [2.05, 4.69) is 15.8 Å². The molecule has 7 heteroatoms. The summed E-state index contributed by atoms with van der Waals surface area (Å²) < 4.78 is 5.62. The van der Waals surface area contributed by atoms with Gasteiger partial charge in [0, 0.05) is 11.8 Å². The highest BCUT2D eigenvalue weighted by atomic mass is 16.5. The Hall–Kier alpha value is -3.87. The molecular weight excluding hydrogens is 334 g/mol. The first kappa shape index (κ1) is 17.0. The minimum Gasteiger partial charge on any atom is -0.508 e. The van der Waals surface area contributed by atoms with Crippen LogP contribution in [0.5, 0.6) is 17.4 Å². The number of phenolic OH excluding ortho intramolecular Hbond substituents is 1. The monoisotopic (exact) mass is 349 g/mol. The molecule has 2 amide bonds. The van der Waals surface area contributed by atoms with Crippen molar-refractivity contribution in [2.75, 3.05) is 0 Å². The molecule has 1 aromatic heterocycles. The molecule has 3 rings (SSSR count). The summed E-state index contributed by atoms with van der Waals surface area (Å²) in [5, 5.41) is 9.23. The molecule has 0 aliphatic heterocycles. The molecule has 0 bridgehead atoms. The van der Waals surface area contributed by atoms with E-state index in [1.807, 2.05) is 6.07 Å². The van der Waals surface area contributed by atoms with E-state index in [-0.39, 0.29) is 22.8 Å². The molecule has 2 aromatic carbocycles. The van der Waals surface area contributed by atoms with E-state index in [9.17, 15) is 14.7 Å². The molecular formula is C19H15N3O4. The van der Waals surface area contributed by atoms with Crippen molar-refractivity contribution >= 4 is 11.8 Å². The highest BCUT2D eigenvalue weighted by molar-refractivity contribution is 6.00. The van der Waals surface area contributed by atoms with Gasteiger partial charge in [-0.1, -0.05) is 18.2 Å². The second-order valence-electron chi connectivity index (χ2n) is 5.23. The first-order chi connectivity index (χ1) is 12.6. The third-order valence-corrected chi connectivity index (χ3v) is 3.39. The zero-order valence-electron chi connectivity index (χ0n) is 13.5. The van der Waals surface area contributed by atoms with Crippen molar-refractivity contribution in [3.63, 3.8) is 0 Å². The van der Waals surface area contributed by atoms with E-state index in [0.29, 0.717) is 5.75 Å². The fourth-order valence-electron chi connectivity index (χ4n) is 2.11. The Bertz CT molecular complexity index is 912. The number of hydrogen-bond donors (Lipinski definition) is 3. The number of amides is 2. The van der Waals surface area contributed by atoms with Crippen LogP contribution >= 0.6 is 0 Å². The van der Waals surface area contributed by atoms with Crippen LogP contribution in [0.25, 0.3) is 0 Å². The molecule has 0 spiro atoms. The van der Waals surface area contributed by atoms with Gasteiger partial charge in [0.1, 0.15) is 17.1 Å². The number of aromatic hydroxyl groups is 1. The Labute approximate surface area is 149 Å². The number of carbonyl (C=O) groups excluding carboxylic acids is 2. The summed E-state index contributed by atoms with van der Waals surface area (Å²) in [6.45, 7) is 0. The summed E-state index contributed by atoms with van der Waals surface area (Å²) in [5.41, 5.74) is 5.08. The second-order valence-corrected chi connectivity index (χ2v) is 5.23. The largest absolute Gasteiger partial charge is 0.508 e. The van der Waals surface area contributed by atoms with Gasteiger partial charge in [0.05, 0.1) is 0 Å². The fraction of sp³-hybridized carbons (Fsp3) is 0. The van der Waals surface area contributed by atoms with Crippen LogP contribution in [0, 0.1) is 0 Å². The number of nitrogens with zero attached hydrogens (tertiary/aromatic N) is 1. The summed E-state index contributed by atoms with van der Waals surface area (Å²) in [4.78, 5) is 28.4. The van der Waals surface area contributed by atoms with E-state index in [1.54, 1.807) is 30.3 Å². The van der Waals surface area contributed by atoms with Gasteiger partial charge in [0.2, 0.25) is 5.88 Å². The first-order valence-corrected chi connectivity index (χ1v) is 7.71. The van der Waals surface area contributed by atoms with Gasteiger partial charge in [0.25, 0.3) is 11.8 Å². The summed E-state index contributed by atoms with van der Waals surface area (Å²) in [5.74, 6) is -0.393. The van der Waals surface area contributed by atoms with Crippen molar-refractivity contribution in [2.24, 2.45) is 0 Å². The number of hydrazine groups is 1. The average Bonchev–Trinajstić information content (AvgIpc) is 2.67. The summed E-state index contributed by atoms with van der Waals surface area (Å²) in [6.07, 6.45) is 1.50. The van der Waals surface area contributed by atoms with E-state index in [1.165, 1.54) is 36.5 Å². The Kier molecular flexibility index (Phi) is 5.09. The van der Waals surface area contributed by atoms with Crippen molar-refractivity contribution in [1.29, 1.82) is 0 Å². The lowest BCUT2D eigenvalue weighted by molar-refractivity contribution is 0.0845. The number of nitrogens with one attached hydrogen (secondary N) is 2. The van der Waals surface area contributed by atoms with Crippen LogP contribution in [-0.4, -0.2) is 21.9 Å². The minimum atomic E-state index is -0.573. The van der Waals surface area contributed by atoms with Gasteiger partial charge in [-0.15, -0.1) is 0 Å². The molecule has 0 unspecified atom stereocenters. The number of ether oxygens (including phenoxy) is 1. The summed E-state index contributed by atoms with van der Waals surface area (Å²) in [7, 11) is 0. The molecule has 0 fully saturated rings. The number of hydrogen-bond acceptors (Lipinski definition) is 5. The third-order valence-electron chi connectivity index (χ3n) is 3.39. The molecule has 0 saturated heterocycles. The van der Waals surface area contributed by atoms with Crippen molar-refractivity contribution in [3.05, 3.63) is 84.1 Å². The predicted molar refractivity (Wildman–Crippen MR) is 93.8 cm³/mol. The molecule has 0 aliphatic carbocycles. The number of benzene rings is 2. The highest BCUT2D eigenvalue weighted by Gasteiger charge is 2.15. The quantitative estimate of drug-likeness (QED) is 0.629. The van der Waals surface area contributed by atoms with Crippen LogP contribution < -0.4 is 15.6 Å². The van der Waals surface area contributed by atoms with Gasteiger partial charge in [-0.25, -0.2) is 4.98 Å². The molecule has 130 valence electrons. The smallest absolute Gasteiger partial charge is 0.275 e. The van der Waals surface area contributed by atoms with E-state index >= 15 is 0 Å². The zero-order chi connectivity index (χ0) is 18.4. The standard InChI is InChI=1S/C19H15N3O4/c23-14-10-8-13(9-11-14)17(24)21-22-18(25)16-7-4-12-20-19(16)26-15-5-2-1-3-6-15/h1-12,23H,(H,21,24)(H,22,25). The lowest BCUT2D eigenvalue weighted by Crippen LogP contribution is -2.41. The zero-order valence-corrected chi connectivity index (χ0v) is 13.5. The number of carbonyl (C=O) groups is 2. The van der Waals surface area contributed by atoms with E-state index < -0.39 is 11.8 Å². The fourth-order valence-corrected chi connectivity index (χ4v) is 2.11. The first-order valence-electron chi connectivity index (χ1n) is 7.71. The van der Waals surface area contributed by atoms with Gasteiger partial charge >= 0.3 is 0 Å². The van der Waals surface area contributed by atoms with Gasteiger partial charge in [0.15, 0.2) is 0 Å². The topological polar surface area (TPSA) is 101 Å². The van der Waals surface area contributed by atoms with E-state index in [0.717, 1.165) is 0 Å². The van der Waals surface area contributed by atoms with Gasteiger partial charge in [-0.2, -0.15) is 0 Å². The van der Waals surface area contributed by atoms with Crippen LogP contribution in [0.2, 0.25) is 0 Å². The van der Waals surface area contributed by atoms with Crippen molar-refractivity contribution in [1.82, 2.24) is 15.8 Å². The van der Waals surface area contributed by atoms with Crippen LogP contribution in [0.15, 0.2) is 72.9 Å². The number of aromatic nitrogens is 1. The second kappa shape index (κ2) is 7.80. The third kappa shape index (κ3) is 4.15. The molecule has 3 N–H and O–H groups in total. The Morgan fingerprint density at radius 3 is 2.27 bits per heavy atom. The molecule has 0 radical (unpaired) electrons. The minimum absolute atomic E-state index is 0.0450. The van der Waals surface area contributed by atoms with Gasteiger partial charge < -0.3 is 9.84 Å². The van der Waals surface area contributed by atoms with Gasteiger partial charge in [-0.05, 0) is 48.5 Å². The van der Waals surface area contributed by atoms with Crippen LogP contribution in [0.1, 0.15) is 20.7 Å². The molecule has 1 heterocycles. The Morgan fingerprint density at radius 1 is 0.846 bits per heavy atom. The van der Waals surface area contributed by atoms with Crippen LogP contribution in [0.4, 0.5) is 0 Å². The summed E-state index contributed by atoms with van der Waals surface area (Å²) in [6, 6.07) is 17.7. The van der Waals surface area contributed by atoms with Crippen molar-refractivity contribution in [2.45, 2.75) is 0 Å².